The van der Waals surface area contributed by atoms with E-state index in [4.69, 9.17) is 0 Å². The Bertz CT molecular complexity index is 279. The summed E-state index contributed by atoms with van der Waals surface area (Å²) in [6.07, 6.45) is 5.69. The molecule has 0 saturated heterocycles. The molecule has 0 aromatic carbocycles. The largest absolute Gasteiger partial charge is 0.295 e. The third kappa shape index (κ3) is 2.09. The van der Waals surface area contributed by atoms with E-state index in [1.807, 2.05) is 6.92 Å². The number of carbonyl (C=O) groups excluding carboxylic acids is 1. The molecule has 0 fully saturated rings. The Morgan fingerprint density at radius 3 is 2.62 bits per heavy atom. The Labute approximate surface area is 80.5 Å². The number of carbonyl (C=O) groups is 1. The van der Waals surface area contributed by atoms with Crippen LogP contribution in [0.25, 0.3) is 0 Å². The summed E-state index contributed by atoms with van der Waals surface area (Å²) in [5.41, 5.74) is 2.52. The van der Waals surface area contributed by atoms with Crippen molar-refractivity contribution >= 4 is 5.78 Å². The van der Waals surface area contributed by atoms with Crippen LogP contribution >= 0.6 is 0 Å². The van der Waals surface area contributed by atoms with Crippen LogP contribution in [0.1, 0.15) is 40.5 Å². The normalized spacial score (nSPS) is 24.8. The first kappa shape index (κ1) is 10.2. The van der Waals surface area contributed by atoms with E-state index in [0.717, 1.165) is 12.0 Å². The molecule has 0 aliphatic heterocycles. The minimum absolute atomic E-state index is 0.0337. The molecular weight excluding hydrogens is 160 g/mol. The lowest BCUT2D eigenvalue weighted by atomic mass is 9.72. The topological polar surface area (TPSA) is 17.1 Å². The van der Waals surface area contributed by atoms with E-state index in [9.17, 15) is 4.79 Å². The van der Waals surface area contributed by atoms with Crippen molar-refractivity contribution in [1.82, 2.24) is 0 Å². The van der Waals surface area contributed by atoms with Crippen LogP contribution in [0, 0.1) is 5.41 Å². The van der Waals surface area contributed by atoms with Gasteiger partial charge in [-0.15, -0.1) is 0 Å². The smallest absolute Gasteiger partial charge is 0.156 e. The maximum absolute atomic E-state index is 11.3. The molecule has 0 bridgehead atoms. The summed E-state index contributed by atoms with van der Waals surface area (Å²) in [5, 5.41) is 0. The Hall–Kier alpha value is -0.850. The average Bonchev–Trinajstić information content (AvgIpc) is 1.95. The zero-order valence-electron chi connectivity index (χ0n) is 8.98. The molecule has 0 radical (unpaired) electrons. The van der Waals surface area contributed by atoms with Crippen LogP contribution in [0.2, 0.25) is 0 Å². The summed E-state index contributed by atoms with van der Waals surface area (Å²) in [4.78, 5) is 11.3. The molecule has 0 heterocycles. The lowest BCUT2D eigenvalue weighted by Gasteiger charge is -2.31. The molecule has 0 aromatic rings. The van der Waals surface area contributed by atoms with Crippen molar-refractivity contribution < 1.29 is 4.79 Å². The van der Waals surface area contributed by atoms with Gasteiger partial charge in [0.2, 0.25) is 0 Å². The van der Waals surface area contributed by atoms with Gasteiger partial charge in [-0.2, -0.15) is 0 Å². The van der Waals surface area contributed by atoms with Crippen molar-refractivity contribution in [2.75, 3.05) is 0 Å². The summed E-state index contributed by atoms with van der Waals surface area (Å²) in [6.45, 7) is 8.44. The van der Waals surface area contributed by atoms with Gasteiger partial charge in [0.05, 0.1) is 0 Å². The van der Waals surface area contributed by atoms with Crippen LogP contribution in [-0.4, -0.2) is 5.78 Å². The van der Waals surface area contributed by atoms with Crippen LogP contribution in [0.15, 0.2) is 23.3 Å². The highest BCUT2D eigenvalue weighted by Gasteiger charge is 2.30. The van der Waals surface area contributed by atoms with Gasteiger partial charge in [0.1, 0.15) is 0 Å². The van der Waals surface area contributed by atoms with Crippen molar-refractivity contribution in [3.63, 3.8) is 0 Å². The van der Waals surface area contributed by atoms with E-state index in [1.165, 1.54) is 5.57 Å². The standard InChI is InChI=1S/C12H18O/c1-5-6-11-9(2)7-10(13)8-12(11,3)4/h6-7H,5,8H2,1-4H3/b11-6-. The summed E-state index contributed by atoms with van der Waals surface area (Å²) < 4.78 is 0. The van der Waals surface area contributed by atoms with Crippen LogP contribution < -0.4 is 0 Å². The third-order valence-corrected chi connectivity index (χ3v) is 2.56. The van der Waals surface area contributed by atoms with E-state index in [2.05, 4.69) is 26.8 Å². The second-order valence-electron chi connectivity index (χ2n) is 4.38. The van der Waals surface area contributed by atoms with Gasteiger partial charge in [-0.1, -0.05) is 26.8 Å². The summed E-state index contributed by atoms with van der Waals surface area (Å²) in [6, 6.07) is 0. The molecule has 1 rings (SSSR count). The lowest BCUT2D eigenvalue weighted by molar-refractivity contribution is -0.116. The van der Waals surface area contributed by atoms with Gasteiger partial charge in [-0.25, -0.2) is 0 Å². The minimum Gasteiger partial charge on any atom is -0.295 e. The number of hydrogen-bond acceptors (Lipinski definition) is 1. The SMILES string of the molecule is CC/C=C1/C(C)=CC(=O)CC1(C)C. The Morgan fingerprint density at radius 1 is 1.54 bits per heavy atom. The zero-order valence-corrected chi connectivity index (χ0v) is 8.98. The first-order valence-electron chi connectivity index (χ1n) is 4.89. The second-order valence-corrected chi connectivity index (χ2v) is 4.38. The summed E-state index contributed by atoms with van der Waals surface area (Å²) >= 11 is 0. The predicted molar refractivity (Wildman–Crippen MR) is 55.5 cm³/mol. The van der Waals surface area contributed by atoms with E-state index in [-0.39, 0.29) is 11.2 Å². The van der Waals surface area contributed by atoms with E-state index in [1.54, 1.807) is 6.08 Å². The molecule has 0 unspecified atom stereocenters. The molecule has 0 spiro atoms. The fraction of sp³-hybridized carbons (Fsp3) is 0.583. The number of ketones is 1. The maximum atomic E-state index is 11.3. The highest BCUT2D eigenvalue weighted by Crippen LogP contribution is 2.38. The monoisotopic (exact) mass is 178 g/mol. The van der Waals surface area contributed by atoms with E-state index < -0.39 is 0 Å². The van der Waals surface area contributed by atoms with Crippen molar-refractivity contribution in [3.8, 4) is 0 Å². The van der Waals surface area contributed by atoms with Crippen LogP contribution in [0.3, 0.4) is 0 Å². The first-order chi connectivity index (χ1) is 5.97. The van der Waals surface area contributed by atoms with E-state index >= 15 is 0 Å². The van der Waals surface area contributed by atoms with Gasteiger partial charge in [0.15, 0.2) is 5.78 Å². The van der Waals surface area contributed by atoms with Gasteiger partial charge < -0.3 is 0 Å². The fourth-order valence-corrected chi connectivity index (χ4v) is 2.08. The minimum atomic E-state index is 0.0337. The van der Waals surface area contributed by atoms with Crippen molar-refractivity contribution in [2.24, 2.45) is 5.41 Å². The summed E-state index contributed by atoms with van der Waals surface area (Å²) in [5.74, 6) is 0.260. The molecule has 72 valence electrons. The number of hydrogen-bond donors (Lipinski definition) is 0. The van der Waals surface area contributed by atoms with Crippen molar-refractivity contribution in [3.05, 3.63) is 23.3 Å². The lowest BCUT2D eigenvalue weighted by Crippen LogP contribution is -2.24. The molecule has 0 aromatic heterocycles. The molecule has 0 atom stereocenters. The molecule has 0 saturated carbocycles. The highest BCUT2D eigenvalue weighted by molar-refractivity contribution is 5.93. The van der Waals surface area contributed by atoms with E-state index in [0.29, 0.717) is 6.42 Å². The molecule has 1 aliphatic carbocycles. The molecule has 1 heteroatoms. The fourth-order valence-electron chi connectivity index (χ4n) is 2.08. The number of allylic oxidation sites excluding steroid dienone is 4. The van der Waals surface area contributed by atoms with Crippen LogP contribution in [0.4, 0.5) is 0 Å². The van der Waals surface area contributed by atoms with Gasteiger partial charge in [0, 0.05) is 6.42 Å². The number of rotatable bonds is 1. The molecule has 13 heavy (non-hydrogen) atoms. The Kier molecular flexibility index (Phi) is 2.74. The van der Waals surface area contributed by atoms with Gasteiger partial charge in [-0.05, 0) is 36.0 Å². The Balaban J connectivity index is 3.10. The third-order valence-electron chi connectivity index (χ3n) is 2.56. The zero-order chi connectivity index (χ0) is 10.1. The van der Waals surface area contributed by atoms with Crippen LogP contribution in [-0.2, 0) is 4.79 Å². The highest BCUT2D eigenvalue weighted by atomic mass is 16.1. The Morgan fingerprint density at radius 2 is 2.15 bits per heavy atom. The molecule has 0 N–H and O–H groups in total. The van der Waals surface area contributed by atoms with Gasteiger partial charge >= 0.3 is 0 Å². The first-order valence-corrected chi connectivity index (χ1v) is 4.89. The van der Waals surface area contributed by atoms with Crippen molar-refractivity contribution in [2.45, 2.75) is 40.5 Å². The molecule has 1 nitrogen and oxygen atoms in total. The average molecular weight is 178 g/mol. The molecule has 0 amide bonds. The quantitative estimate of drug-likeness (QED) is 0.602. The van der Waals surface area contributed by atoms with Crippen LogP contribution in [0.5, 0.6) is 0 Å². The van der Waals surface area contributed by atoms with Crippen molar-refractivity contribution in [1.29, 1.82) is 0 Å². The maximum Gasteiger partial charge on any atom is 0.156 e. The molecule has 1 aliphatic rings. The predicted octanol–water partition coefficient (Wildman–Crippen LogP) is 3.27. The van der Waals surface area contributed by atoms with Gasteiger partial charge in [-0.3, -0.25) is 4.79 Å². The second kappa shape index (κ2) is 3.49. The molecular formula is C12H18O. The van der Waals surface area contributed by atoms with Gasteiger partial charge in [0.25, 0.3) is 0 Å². The summed E-state index contributed by atoms with van der Waals surface area (Å²) in [7, 11) is 0.